The van der Waals surface area contributed by atoms with E-state index in [4.69, 9.17) is 21.1 Å². The van der Waals surface area contributed by atoms with Gasteiger partial charge in [-0.3, -0.25) is 4.79 Å². The highest BCUT2D eigenvalue weighted by Crippen LogP contribution is 2.35. The van der Waals surface area contributed by atoms with E-state index in [1.165, 1.54) is 10.8 Å². The summed E-state index contributed by atoms with van der Waals surface area (Å²) in [5.74, 6) is 0.603. The lowest BCUT2D eigenvalue weighted by molar-refractivity contribution is 0.0943. The molecule has 0 radical (unpaired) electrons. The maximum atomic E-state index is 12.7. The van der Waals surface area contributed by atoms with Crippen LogP contribution in [0.4, 0.5) is 0 Å². The molecule has 0 saturated carbocycles. The second-order valence-corrected chi connectivity index (χ2v) is 8.36. The lowest BCUT2D eigenvalue weighted by Crippen LogP contribution is -2.15. The topological polar surface area (TPSA) is 77.1 Å². The molecule has 0 bridgehead atoms. The maximum absolute atomic E-state index is 12.7. The number of nitriles is 1. The SMILES string of the molecule is COc1cc(/C=C(\C#N)C(=O)n2nc(C)cc2C)cc(I)c1OCc1ccc(Cl)cc1. The van der Waals surface area contributed by atoms with Crippen molar-refractivity contribution in [3.63, 3.8) is 0 Å². The summed E-state index contributed by atoms with van der Waals surface area (Å²) < 4.78 is 13.5. The monoisotopic (exact) mass is 547 g/mol. The first-order chi connectivity index (χ1) is 14.8. The second kappa shape index (κ2) is 9.98. The number of ether oxygens (including phenoxy) is 2. The molecule has 3 aromatic rings. The van der Waals surface area contributed by atoms with Crippen molar-refractivity contribution in [1.82, 2.24) is 9.78 Å². The number of carbonyl (C=O) groups excluding carboxylic acids is 1. The Hall–Kier alpha value is -2.83. The van der Waals surface area contributed by atoms with Crippen LogP contribution in [0.1, 0.15) is 27.3 Å². The van der Waals surface area contributed by atoms with Crippen molar-refractivity contribution in [2.24, 2.45) is 0 Å². The third kappa shape index (κ3) is 5.46. The van der Waals surface area contributed by atoms with Crippen molar-refractivity contribution in [3.8, 4) is 17.6 Å². The molecule has 0 fully saturated rings. The fourth-order valence-electron chi connectivity index (χ4n) is 2.96. The molecule has 6 nitrogen and oxygen atoms in total. The van der Waals surface area contributed by atoms with Gasteiger partial charge in [0.2, 0.25) is 0 Å². The molecule has 0 N–H and O–H groups in total. The molecule has 31 heavy (non-hydrogen) atoms. The molecule has 0 saturated heterocycles. The van der Waals surface area contributed by atoms with Crippen molar-refractivity contribution in [1.29, 1.82) is 5.26 Å². The molecule has 1 aromatic heterocycles. The van der Waals surface area contributed by atoms with Crippen LogP contribution in [0, 0.1) is 28.7 Å². The van der Waals surface area contributed by atoms with Crippen LogP contribution < -0.4 is 9.47 Å². The van der Waals surface area contributed by atoms with Crippen molar-refractivity contribution >= 4 is 46.2 Å². The number of aryl methyl sites for hydroxylation is 2. The van der Waals surface area contributed by atoms with Gasteiger partial charge in [-0.05, 0) is 84.0 Å². The van der Waals surface area contributed by atoms with E-state index >= 15 is 0 Å². The van der Waals surface area contributed by atoms with Crippen LogP contribution in [-0.2, 0) is 6.61 Å². The number of aromatic nitrogens is 2. The van der Waals surface area contributed by atoms with Crippen LogP contribution >= 0.6 is 34.2 Å². The Morgan fingerprint density at radius 1 is 1.26 bits per heavy atom. The first-order valence-electron chi connectivity index (χ1n) is 9.27. The maximum Gasteiger partial charge on any atom is 0.289 e. The van der Waals surface area contributed by atoms with E-state index in [9.17, 15) is 10.1 Å². The number of nitrogens with zero attached hydrogens (tertiary/aromatic N) is 3. The Labute approximate surface area is 199 Å². The van der Waals surface area contributed by atoms with Crippen molar-refractivity contribution in [2.45, 2.75) is 20.5 Å². The van der Waals surface area contributed by atoms with Gasteiger partial charge in [-0.2, -0.15) is 10.4 Å². The Kier molecular flexibility index (Phi) is 7.36. The Morgan fingerprint density at radius 2 is 1.97 bits per heavy atom. The average Bonchev–Trinajstić information content (AvgIpc) is 3.09. The van der Waals surface area contributed by atoms with Gasteiger partial charge in [0.15, 0.2) is 11.5 Å². The van der Waals surface area contributed by atoms with E-state index in [1.807, 2.05) is 24.3 Å². The number of halogens is 2. The summed E-state index contributed by atoms with van der Waals surface area (Å²) in [6, 6.07) is 14.7. The Bertz CT molecular complexity index is 1190. The van der Waals surface area contributed by atoms with Crippen LogP contribution in [0.2, 0.25) is 5.02 Å². The second-order valence-electron chi connectivity index (χ2n) is 6.76. The molecule has 158 valence electrons. The third-order valence-electron chi connectivity index (χ3n) is 4.41. The third-order valence-corrected chi connectivity index (χ3v) is 5.47. The van der Waals surface area contributed by atoms with Gasteiger partial charge in [-0.15, -0.1) is 0 Å². The predicted molar refractivity (Wildman–Crippen MR) is 127 cm³/mol. The number of methoxy groups -OCH3 is 1. The van der Waals surface area contributed by atoms with Crippen LogP contribution in [0.3, 0.4) is 0 Å². The smallest absolute Gasteiger partial charge is 0.289 e. The minimum Gasteiger partial charge on any atom is -0.493 e. The fourth-order valence-corrected chi connectivity index (χ4v) is 3.86. The number of hydrogen-bond acceptors (Lipinski definition) is 5. The highest BCUT2D eigenvalue weighted by atomic mass is 127. The molecule has 0 aliphatic carbocycles. The quantitative estimate of drug-likeness (QED) is 0.228. The lowest BCUT2D eigenvalue weighted by Gasteiger charge is -2.14. The van der Waals surface area contributed by atoms with Crippen LogP contribution in [-0.4, -0.2) is 22.8 Å². The first kappa shape index (κ1) is 22.8. The summed E-state index contributed by atoms with van der Waals surface area (Å²) in [5.41, 5.74) is 2.96. The van der Waals surface area contributed by atoms with Crippen molar-refractivity contribution in [2.75, 3.05) is 7.11 Å². The Morgan fingerprint density at radius 3 is 2.55 bits per heavy atom. The predicted octanol–water partition coefficient (Wildman–Crippen LogP) is 5.59. The number of carbonyl (C=O) groups is 1. The van der Waals surface area contributed by atoms with Crippen LogP contribution in [0.5, 0.6) is 11.5 Å². The van der Waals surface area contributed by atoms with Gasteiger partial charge < -0.3 is 9.47 Å². The van der Waals surface area contributed by atoms with Crippen LogP contribution in [0.15, 0.2) is 48.0 Å². The molecule has 3 rings (SSSR count). The summed E-state index contributed by atoms with van der Waals surface area (Å²) >= 11 is 8.06. The van der Waals surface area contributed by atoms with Crippen LogP contribution in [0.25, 0.3) is 6.08 Å². The first-order valence-corrected chi connectivity index (χ1v) is 10.7. The van der Waals surface area contributed by atoms with Gasteiger partial charge in [-0.1, -0.05) is 23.7 Å². The number of benzene rings is 2. The van der Waals surface area contributed by atoms with Crippen molar-refractivity contribution in [3.05, 3.63) is 79.1 Å². The van der Waals surface area contributed by atoms with E-state index in [1.54, 1.807) is 45.2 Å². The minimum atomic E-state index is -0.481. The number of allylic oxidation sites excluding steroid dienone is 1. The minimum absolute atomic E-state index is 0.0288. The summed E-state index contributed by atoms with van der Waals surface area (Å²) in [6.45, 7) is 3.91. The van der Waals surface area contributed by atoms with Crippen molar-refractivity contribution < 1.29 is 14.3 Å². The van der Waals surface area contributed by atoms with Gasteiger partial charge in [0, 0.05) is 10.7 Å². The average molecular weight is 548 g/mol. The lowest BCUT2D eigenvalue weighted by atomic mass is 10.1. The van der Waals surface area contributed by atoms with Gasteiger partial charge in [0.25, 0.3) is 5.91 Å². The summed E-state index contributed by atoms with van der Waals surface area (Å²) in [4.78, 5) is 12.7. The molecule has 0 unspecified atom stereocenters. The molecule has 0 atom stereocenters. The zero-order valence-corrected chi connectivity index (χ0v) is 20.1. The van der Waals surface area contributed by atoms with Gasteiger partial charge in [-0.25, -0.2) is 4.68 Å². The summed E-state index contributed by atoms with van der Waals surface area (Å²) in [6.07, 6.45) is 1.52. The van der Waals surface area contributed by atoms with Gasteiger partial charge >= 0.3 is 0 Å². The summed E-state index contributed by atoms with van der Waals surface area (Å²) in [7, 11) is 1.54. The number of rotatable bonds is 6. The molecule has 0 spiro atoms. The Balaban J connectivity index is 1.88. The largest absolute Gasteiger partial charge is 0.493 e. The van der Waals surface area contributed by atoms with E-state index in [0.717, 1.165) is 9.13 Å². The van der Waals surface area contributed by atoms with E-state index < -0.39 is 5.91 Å². The summed E-state index contributed by atoms with van der Waals surface area (Å²) in [5, 5.41) is 14.4. The molecular weight excluding hydrogens is 529 g/mol. The number of hydrogen-bond donors (Lipinski definition) is 0. The molecular formula is C23H19ClIN3O3. The molecule has 0 aliphatic heterocycles. The normalized spacial score (nSPS) is 11.2. The molecule has 2 aromatic carbocycles. The molecule has 1 heterocycles. The molecule has 0 amide bonds. The van der Waals surface area contributed by atoms with E-state index in [-0.39, 0.29) is 5.57 Å². The zero-order valence-electron chi connectivity index (χ0n) is 17.1. The van der Waals surface area contributed by atoms with Gasteiger partial charge in [0.05, 0.1) is 16.4 Å². The fraction of sp³-hybridized carbons (Fsp3) is 0.174. The highest BCUT2D eigenvalue weighted by Gasteiger charge is 2.17. The van der Waals surface area contributed by atoms with Gasteiger partial charge in [0.1, 0.15) is 18.2 Å². The zero-order chi connectivity index (χ0) is 22.5. The molecule has 0 aliphatic rings. The standard InChI is InChI=1S/C23H19ClIN3O3/c1-14-8-15(2)28(27-14)23(29)18(12-26)9-17-10-20(25)22(21(11-17)30-3)31-13-16-4-6-19(24)7-5-16/h4-11H,13H2,1-3H3/b18-9+. The molecule has 8 heteroatoms. The van der Waals surface area contributed by atoms with E-state index in [2.05, 4.69) is 27.7 Å². The highest BCUT2D eigenvalue weighted by molar-refractivity contribution is 14.1. The van der Waals surface area contributed by atoms with E-state index in [0.29, 0.717) is 40.1 Å².